The van der Waals surface area contributed by atoms with Crippen LogP contribution >= 0.6 is 0 Å². The second-order valence-electron chi connectivity index (χ2n) is 8.04. The maximum Gasteiger partial charge on any atom is 0.193 e. The summed E-state index contributed by atoms with van der Waals surface area (Å²) < 4.78 is 0. The van der Waals surface area contributed by atoms with Gasteiger partial charge in [-0.2, -0.15) is 0 Å². The Morgan fingerprint density at radius 2 is 1.67 bits per heavy atom. The van der Waals surface area contributed by atoms with Gasteiger partial charge < -0.3 is 20.0 Å². The number of guanidine groups is 1. The number of piperazine rings is 1. The lowest BCUT2D eigenvalue weighted by Crippen LogP contribution is -2.44. The first-order valence-electron chi connectivity index (χ1n) is 10.1. The number of nitrogens with one attached hydrogen (secondary N) is 1. The minimum absolute atomic E-state index is 0.925. The first-order chi connectivity index (χ1) is 11.8. The van der Waals surface area contributed by atoms with E-state index < -0.39 is 0 Å². The first-order valence-corrected chi connectivity index (χ1v) is 10.1. The fraction of sp³-hybridized carbons (Fsp3) is 0.947. The number of hydrogen-bond acceptors (Lipinski definition) is 3. The van der Waals surface area contributed by atoms with Gasteiger partial charge >= 0.3 is 0 Å². The summed E-state index contributed by atoms with van der Waals surface area (Å²) in [5.41, 5.74) is 0. The maximum absolute atomic E-state index is 4.54. The fourth-order valence-electron chi connectivity index (χ4n) is 4.64. The zero-order valence-electron chi connectivity index (χ0n) is 15.8. The van der Waals surface area contributed by atoms with Crippen LogP contribution in [0.15, 0.2) is 4.99 Å². The average Bonchev–Trinajstić information content (AvgIpc) is 3.03. The molecule has 0 bridgehead atoms. The van der Waals surface area contributed by atoms with E-state index in [-0.39, 0.29) is 0 Å². The molecule has 0 aromatic heterocycles. The SMILES string of the molecule is CN=C(NCCCCN1CCN(C)CC1)N1CC2CCCCC2C1. The van der Waals surface area contributed by atoms with Crippen LogP contribution < -0.4 is 5.32 Å². The van der Waals surface area contributed by atoms with Crippen LogP contribution in [0.25, 0.3) is 0 Å². The highest BCUT2D eigenvalue weighted by molar-refractivity contribution is 5.80. The molecule has 3 rings (SSSR count). The summed E-state index contributed by atoms with van der Waals surface area (Å²) >= 11 is 0. The molecule has 24 heavy (non-hydrogen) atoms. The molecule has 138 valence electrons. The van der Waals surface area contributed by atoms with E-state index in [1.807, 2.05) is 7.05 Å². The number of rotatable bonds is 5. The lowest BCUT2D eigenvalue weighted by atomic mass is 9.82. The Balaban J connectivity index is 1.30. The van der Waals surface area contributed by atoms with Crippen molar-refractivity contribution in [1.82, 2.24) is 20.0 Å². The Morgan fingerprint density at radius 3 is 2.29 bits per heavy atom. The van der Waals surface area contributed by atoms with Crippen LogP contribution in [-0.4, -0.2) is 87.1 Å². The molecule has 0 aromatic rings. The normalized spacial score (nSPS) is 29.8. The Bertz CT molecular complexity index is 389. The predicted molar refractivity (Wildman–Crippen MR) is 102 cm³/mol. The quantitative estimate of drug-likeness (QED) is 0.471. The van der Waals surface area contributed by atoms with Crippen LogP contribution in [0.5, 0.6) is 0 Å². The molecule has 3 aliphatic rings. The average molecular weight is 336 g/mol. The highest BCUT2D eigenvalue weighted by atomic mass is 15.3. The molecule has 5 heteroatoms. The summed E-state index contributed by atoms with van der Waals surface area (Å²) in [5, 5.41) is 3.62. The third kappa shape index (κ3) is 4.85. The molecular weight excluding hydrogens is 298 g/mol. The van der Waals surface area contributed by atoms with Crippen LogP contribution in [0, 0.1) is 11.8 Å². The second-order valence-corrected chi connectivity index (χ2v) is 8.04. The van der Waals surface area contributed by atoms with Crippen molar-refractivity contribution < 1.29 is 0 Å². The van der Waals surface area contributed by atoms with Gasteiger partial charge in [-0.25, -0.2) is 0 Å². The number of likely N-dealkylation sites (tertiary alicyclic amines) is 1. The smallest absolute Gasteiger partial charge is 0.193 e. The molecule has 2 saturated heterocycles. The van der Waals surface area contributed by atoms with Gasteiger partial charge in [-0.05, 0) is 51.1 Å². The van der Waals surface area contributed by atoms with Crippen LogP contribution in [0.1, 0.15) is 38.5 Å². The molecule has 0 spiro atoms. The first kappa shape index (κ1) is 18.0. The zero-order valence-corrected chi connectivity index (χ0v) is 15.8. The Kier molecular flexibility index (Phi) is 6.78. The van der Waals surface area contributed by atoms with Gasteiger partial charge in [0.15, 0.2) is 5.96 Å². The third-order valence-electron chi connectivity index (χ3n) is 6.27. The van der Waals surface area contributed by atoms with E-state index in [0.717, 1.165) is 24.3 Å². The van der Waals surface area contributed by atoms with Crippen molar-refractivity contribution in [3.8, 4) is 0 Å². The topological polar surface area (TPSA) is 34.1 Å². The molecule has 1 aliphatic carbocycles. The number of unbranched alkanes of at least 4 members (excludes halogenated alkanes) is 1. The molecule has 2 atom stereocenters. The van der Waals surface area contributed by atoms with E-state index in [1.165, 1.54) is 84.3 Å². The number of fused-ring (bicyclic) bond motifs is 1. The highest BCUT2D eigenvalue weighted by Gasteiger charge is 2.35. The monoisotopic (exact) mass is 335 g/mol. The van der Waals surface area contributed by atoms with Gasteiger partial charge in [0.25, 0.3) is 0 Å². The van der Waals surface area contributed by atoms with Crippen LogP contribution in [0.3, 0.4) is 0 Å². The minimum Gasteiger partial charge on any atom is -0.356 e. The molecule has 0 radical (unpaired) electrons. The fourth-order valence-corrected chi connectivity index (χ4v) is 4.64. The standard InChI is InChI=1S/C19H37N5/c1-20-19(24-15-17-7-3-4-8-18(17)16-24)21-9-5-6-10-23-13-11-22(2)12-14-23/h17-18H,3-16H2,1-2H3,(H,20,21). The lowest BCUT2D eigenvalue weighted by molar-refractivity contribution is 0.152. The van der Waals surface area contributed by atoms with Crippen molar-refractivity contribution in [2.24, 2.45) is 16.8 Å². The molecule has 3 fully saturated rings. The molecule has 0 aromatic carbocycles. The summed E-state index contributed by atoms with van der Waals surface area (Å²) in [6, 6.07) is 0. The second kappa shape index (κ2) is 9.04. The van der Waals surface area contributed by atoms with E-state index in [4.69, 9.17) is 0 Å². The van der Waals surface area contributed by atoms with E-state index >= 15 is 0 Å². The predicted octanol–water partition coefficient (Wildman–Crippen LogP) is 1.71. The van der Waals surface area contributed by atoms with Gasteiger partial charge in [-0.1, -0.05) is 12.8 Å². The van der Waals surface area contributed by atoms with Gasteiger partial charge in [0.2, 0.25) is 0 Å². The van der Waals surface area contributed by atoms with Crippen LogP contribution in [-0.2, 0) is 0 Å². The van der Waals surface area contributed by atoms with Gasteiger partial charge in [-0.3, -0.25) is 4.99 Å². The van der Waals surface area contributed by atoms with Gasteiger partial charge in [-0.15, -0.1) is 0 Å². The molecule has 5 nitrogen and oxygen atoms in total. The molecule has 1 N–H and O–H groups in total. The van der Waals surface area contributed by atoms with Crippen molar-refractivity contribution in [1.29, 1.82) is 0 Å². The molecular formula is C19H37N5. The number of aliphatic imine (C=N–C) groups is 1. The van der Waals surface area contributed by atoms with E-state index in [9.17, 15) is 0 Å². The summed E-state index contributed by atoms with van der Waals surface area (Å²) in [4.78, 5) is 12.1. The van der Waals surface area contributed by atoms with Crippen molar-refractivity contribution in [2.75, 3.05) is 66.5 Å². The summed E-state index contributed by atoms with van der Waals surface area (Å²) in [6.45, 7) is 9.69. The summed E-state index contributed by atoms with van der Waals surface area (Å²) in [7, 11) is 4.16. The molecule has 1 saturated carbocycles. The summed E-state index contributed by atoms with van der Waals surface area (Å²) in [5.74, 6) is 2.99. The van der Waals surface area contributed by atoms with Gasteiger partial charge in [0.05, 0.1) is 0 Å². The molecule has 2 heterocycles. The number of likely N-dealkylation sites (N-methyl/N-ethyl adjacent to an activating group) is 1. The minimum atomic E-state index is 0.925. The largest absolute Gasteiger partial charge is 0.356 e. The number of nitrogens with zero attached hydrogens (tertiary/aromatic N) is 4. The van der Waals surface area contributed by atoms with Crippen molar-refractivity contribution >= 4 is 5.96 Å². The van der Waals surface area contributed by atoms with E-state index in [0.29, 0.717) is 0 Å². The maximum atomic E-state index is 4.54. The van der Waals surface area contributed by atoms with E-state index in [1.54, 1.807) is 0 Å². The van der Waals surface area contributed by atoms with Crippen molar-refractivity contribution in [3.05, 3.63) is 0 Å². The number of hydrogen-bond donors (Lipinski definition) is 1. The van der Waals surface area contributed by atoms with Crippen LogP contribution in [0.4, 0.5) is 0 Å². The Hall–Kier alpha value is -0.810. The Morgan fingerprint density at radius 1 is 1.00 bits per heavy atom. The third-order valence-corrected chi connectivity index (χ3v) is 6.27. The lowest BCUT2D eigenvalue weighted by Gasteiger charge is -2.32. The molecule has 2 unspecified atom stereocenters. The van der Waals surface area contributed by atoms with Crippen LogP contribution in [0.2, 0.25) is 0 Å². The molecule has 0 amide bonds. The van der Waals surface area contributed by atoms with Gasteiger partial charge in [0.1, 0.15) is 0 Å². The Labute approximate surface area is 148 Å². The zero-order chi connectivity index (χ0) is 16.8. The van der Waals surface area contributed by atoms with Crippen molar-refractivity contribution in [3.63, 3.8) is 0 Å². The van der Waals surface area contributed by atoms with Crippen molar-refractivity contribution in [2.45, 2.75) is 38.5 Å². The van der Waals surface area contributed by atoms with E-state index in [2.05, 4.69) is 32.1 Å². The summed E-state index contributed by atoms with van der Waals surface area (Å²) in [6.07, 6.45) is 8.28. The highest BCUT2D eigenvalue weighted by Crippen LogP contribution is 2.35. The molecule has 2 aliphatic heterocycles. The van der Waals surface area contributed by atoms with Gasteiger partial charge in [0, 0.05) is 52.9 Å².